The Labute approximate surface area is 170 Å². The van der Waals surface area contributed by atoms with E-state index in [-0.39, 0.29) is 6.03 Å². The molecule has 2 atom stereocenters. The first-order valence-electron chi connectivity index (χ1n) is 10.4. The molecule has 29 heavy (non-hydrogen) atoms. The largest absolute Gasteiger partial charge is 0.460 e. The molecule has 5 rings (SSSR count). The summed E-state index contributed by atoms with van der Waals surface area (Å²) >= 11 is 0. The highest BCUT2D eigenvalue weighted by Gasteiger charge is 2.34. The molecule has 2 aromatic heterocycles. The summed E-state index contributed by atoms with van der Waals surface area (Å²) in [6, 6.07) is 4.66. The summed E-state index contributed by atoms with van der Waals surface area (Å²) in [7, 11) is 0. The number of furan rings is 1. The summed E-state index contributed by atoms with van der Waals surface area (Å²) in [5.41, 5.74) is 1.88. The number of rotatable bonds is 3. The van der Waals surface area contributed by atoms with E-state index < -0.39 is 0 Å². The van der Waals surface area contributed by atoms with E-state index in [1.54, 1.807) is 11.2 Å². The molecule has 0 radical (unpaired) electrons. The molecule has 152 valence electrons. The van der Waals surface area contributed by atoms with Gasteiger partial charge in [-0.15, -0.1) is 0 Å². The standard InChI is InChI=1S/C22H27N5O2/c1-15-13-25(14-16(2)23-15)21-20-17(8-11-29-20)12-19(24-21)27-10-9-26(22(27)28)18-6-4-3-5-7-18/h3-4,6,8,11-12,15-16,23H,5,7,9-10,13-14H2,1-2H3/t15-,16+. The Morgan fingerprint density at radius 3 is 2.72 bits per heavy atom. The number of aromatic nitrogens is 1. The minimum atomic E-state index is 0.00916. The van der Waals surface area contributed by atoms with Gasteiger partial charge in [-0.2, -0.15) is 0 Å². The highest BCUT2D eigenvalue weighted by atomic mass is 16.3. The van der Waals surface area contributed by atoms with Gasteiger partial charge in [0.25, 0.3) is 0 Å². The zero-order chi connectivity index (χ0) is 20.0. The number of anilines is 2. The monoisotopic (exact) mass is 393 g/mol. The number of nitrogens with zero attached hydrogens (tertiary/aromatic N) is 4. The fourth-order valence-corrected chi connectivity index (χ4v) is 4.63. The average Bonchev–Trinajstić information content (AvgIpc) is 3.33. The van der Waals surface area contributed by atoms with Crippen LogP contribution in [0.25, 0.3) is 11.0 Å². The van der Waals surface area contributed by atoms with Gasteiger partial charge in [-0.05, 0) is 44.9 Å². The van der Waals surface area contributed by atoms with Crippen molar-refractivity contribution in [1.29, 1.82) is 0 Å². The van der Waals surface area contributed by atoms with Crippen LogP contribution in [0.1, 0.15) is 26.7 Å². The van der Waals surface area contributed by atoms with E-state index in [1.165, 1.54) is 0 Å². The number of carbonyl (C=O) groups excluding carboxylic acids is 1. The average molecular weight is 393 g/mol. The van der Waals surface area contributed by atoms with Crippen LogP contribution in [0.5, 0.6) is 0 Å². The maximum absolute atomic E-state index is 13.2. The van der Waals surface area contributed by atoms with E-state index in [2.05, 4.69) is 30.1 Å². The van der Waals surface area contributed by atoms with Crippen LogP contribution in [-0.2, 0) is 0 Å². The van der Waals surface area contributed by atoms with Gasteiger partial charge in [0, 0.05) is 49.3 Å². The molecular weight excluding hydrogens is 366 g/mol. The summed E-state index contributed by atoms with van der Waals surface area (Å²) in [6.45, 7) is 7.41. The Kier molecular flexibility index (Phi) is 4.54. The lowest BCUT2D eigenvalue weighted by Crippen LogP contribution is -2.54. The van der Waals surface area contributed by atoms with Crippen LogP contribution in [0.2, 0.25) is 0 Å². The third-order valence-corrected chi connectivity index (χ3v) is 5.88. The molecule has 2 amide bonds. The first kappa shape index (κ1) is 18.2. The minimum absolute atomic E-state index is 0.00916. The first-order valence-corrected chi connectivity index (χ1v) is 10.4. The summed E-state index contributed by atoms with van der Waals surface area (Å²) in [6.07, 6.45) is 9.82. The molecule has 1 aliphatic carbocycles. The number of hydrogen-bond acceptors (Lipinski definition) is 5. The number of piperazine rings is 1. The van der Waals surface area contributed by atoms with Crippen molar-refractivity contribution in [2.45, 2.75) is 38.8 Å². The Balaban J connectivity index is 1.49. The molecule has 7 nitrogen and oxygen atoms in total. The zero-order valence-corrected chi connectivity index (χ0v) is 17.0. The highest BCUT2D eigenvalue weighted by molar-refractivity contribution is 5.98. The van der Waals surface area contributed by atoms with Crippen LogP contribution in [0.15, 0.2) is 46.7 Å². The van der Waals surface area contributed by atoms with Crippen LogP contribution in [0.4, 0.5) is 16.4 Å². The Bertz CT molecular complexity index is 984. The summed E-state index contributed by atoms with van der Waals surface area (Å²) in [5, 5.41) is 4.54. The molecule has 7 heteroatoms. The van der Waals surface area contributed by atoms with E-state index >= 15 is 0 Å². The van der Waals surface area contributed by atoms with Gasteiger partial charge >= 0.3 is 6.03 Å². The Morgan fingerprint density at radius 2 is 1.97 bits per heavy atom. The number of fused-ring (bicyclic) bond motifs is 1. The van der Waals surface area contributed by atoms with Gasteiger partial charge in [-0.25, -0.2) is 9.78 Å². The molecule has 3 aliphatic rings. The lowest BCUT2D eigenvalue weighted by Gasteiger charge is -2.37. The van der Waals surface area contributed by atoms with Crippen molar-refractivity contribution in [3.8, 4) is 0 Å². The normalized spacial score (nSPS) is 25.2. The van der Waals surface area contributed by atoms with Crippen molar-refractivity contribution in [3.63, 3.8) is 0 Å². The van der Waals surface area contributed by atoms with Gasteiger partial charge in [-0.1, -0.05) is 12.2 Å². The van der Waals surface area contributed by atoms with Gasteiger partial charge in [0.1, 0.15) is 5.82 Å². The highest BCUT2D eigenvalue weighted by Crippen LogP contribution is 2.33. The fraction of sp³-hybridized carbons (Fsp3) is 0.455. The molecule has 4 heterocycles. The summed E-state index contributed by atoms with van der Waals surface area (Å²) in [5.74, 6) is 1.53. The predicted octanol–water partition coefficient (Wildman–Crippen LogP) is 3.49. The van der Waals surface area contributed by atoms with Crippen LogP contribution in [0.3, 0.4) is 0 Å². The van der Waals surface area contributed by atoms with Crippen LogP contribution in [0, 0.1) is 0 Å². The molecule has 2 fully saturated rings. The quantitative estimate of drug-likeness (QED) is 0.865. The second kappa shape index (κ2) is 7.22. The van der Waals surface area contributed by atoms with Gasteiger partial charge < -0.3 is 14.6 Å². The maximum atomic E-state index is 13.2. The molecule has 0 aromatic carbocycles. The maximum Gasteiger partial charge on any atom is 0.330 e. The van der Waals surface area contributed by atoms with E-state index in [9.17, 15) is 4.79 Å². The molecule has 2 saturated heterocycles. The second-order valence-electron chi connectivity index (χ2n) is 8.23. The van der Waals surface area contributed by atoms with Gasteiger partial charge in [-0.3, -0.25) is 9.80 Å². The van der Waals surface area contributed by atoms with Gasteiger partial charge in [0.05, 0.1) is 6.26 Å². The van der Waals surface area contributed by atoms with Crippen LogP contribution in [-0.4, -0.2) is 54.2 Å². The van der Waals surface area contributed by atoms with E-state index in [0.29, 0.717) is 31.0 Å². The topological polar surface area (TPSA) is 64.9 Å². The van der Waals surface area contributed by atoms with Gasteiger partial charge in [0.15, 0.2) is 11.4 Å². The fourth-order valence-electron chi connectivity index (χ4n) is 4.63. The molecule has 0 unspecified atom stereocenters. The number of amides is 2. The molecule has 1 N–H and O–H groups in total. The van der Waals surface area contributed by atoms with E-state index in [0.717, 1.165) is 48.4 Å². The zero-order valence-electron chi connectivity index (χ0n) is 17.0. The number of carbonyl (C=O) groups is 1. The summed E-state index contributed by atoms with van der Waals surface area (Å²) in [4.78, 5) is 24.1. The molecule has 0 spiro atoms. The smallest absolute Gasteiger partial charge is 0.330 e. The predicted molar refractivity (Wildman–Crippen MR) is 114 cm³/mol. The van der Waals surface area contributed by atoms with Crippen molar-refractivity contribution in [2.24, 2.45) is 0 Å². The number of pyridine rings is 1. The van der Waals surface area contributed by atoms with E-state index in [4.69, 9.17) is 9.40 Å². The number of urea groups is 1. The van der Waals surface area contributed by atoms with Crippen LogP contribution < -0.4 is 15.1 Å². The third-order valence-electron chi connectivity index (χ3n) is 5.88. The lowest BCUT2D eigenvalue weighted by molar-refractivity contribution is 0.229. The second-order valence-corrected chi connectivity index (χ2v) is 8.23. The third kappa shape index (κ3) is 3.29. The molecule has 2 aliphatic heterocycles. The lowest BCUT2D eigenvalue weighted by atomic mass is 10.1. The number of nitrogens with one attached hydrogen (secondary N) is 1. The summed E-state index contributed by atoms with van der Waals surface area (Å²) < 4.78 is 5.78. The minimum Gasteiger partial charge on any atom is -0.460 e. The SMILES string of the molecule is C[C@@H]1CN(c2nc(N3CCN(C4=CC=CCC4)C3=O)cc3ccoc23)C[C@H](C)N1. The Hall–Kier alpha value is -2.80. The number of allylic oxidation sites excluding steroid dienone is 4. The van der Waals surface area contributed by atoms with Crippen molar-refractivity contribution in [1.82, 2.24) is 15.2 Å². The number of hydrogen-bond donors (Lipinski definition) is 1. The molecule has 2 aromatic rings. The van der Waals surface area contributed by atoms with Gasteiger partial charge in [0.2, 0.25) is 0 Å². The van der Waals surface area contributed by atoms with Crippen molar-refractivity contribution < 1.29 is 9.21 Å². The van der Waals surface area contributed by atoms with Crippen LogP contribution >= 0.6 is 0 Å². The molecule has 0 saturated carbocycles. The van der Waals surface area contributed by atoms with Crippen molar-refractivity contribution in [3.05, 3.63) is 42.3 Å². The molecule has 0 bridgehead atoms. The first-order chi connectivity index (χ1) is 14.1. The Morgan fingerprint density at radius 1 is 1.17 bits per heavy atom. The van der Waals surface area contributed by atoms with Crippen molar-refractivity contribution >= 4 is 28.6 Å². The van der Waals surface area contributed by atoms with Crippen molar-refractivity contribution in [2.75, 3.05) is 36.0 Å². The molecular formula is C22H27N5O2. The van der Waals surface area contributed by atoms with E-state index in [1.807, 2.05) is 29.2 Å².